The molecule has 4 rings (SSSR count). The van der Waals surface area contributed by atoms with E-state index in [-0.39, 0.29) is 11.8 Å². The quantitative estimate of drug-likeness (QED) is 0.842. The molecule has 27 heavy (non-hydrogen) atoms. The van der Waals surface area contributed by atoms with Crippen LogP contribution in [-0.2, 0) is 11.3 Å². The molecule has 5 heteroatoms. The number of aromatic nitrogens is 1. The van der Waals surface area contributed by atoms with Crippen molar-refractivity contribution >= 4 is 11.8 Å². The summed E-state index contributed by atoms with van der Waals surface area (Å²) in [4.78, 5) is 34.6. The molecule has 2 fully saturated rings. The fourth-order valence-electron chi connectivity index (χ4n) is 4.50. The summed E-state index contributed by atoms with van der Waals surface area (Å²) in [6.45, 7) is 3.92. The molecule has 0 radical (unpaired) electrons. The molecular formula is C22H25N3O2. The van der Waals surface area contributed by atoms with Gasteiger partial charge in [-0.25, -0.2) is 0 Å². The lowest BCUT2D eigenvalue weighted by Crippen LogP contribution is -2.61. The van der Waals surface area contributed by atoms with Gasteiger partial charge < -0.3 is 9.80 Å². The first kappa shape index (κ1) is 17.7. The van der Waals surface area contributed by atoms with E-state index in [2.05, 4.69) is 4.98 Å². The Morgan fingerprint density at radius 1 is 1.11 bits per heavy atom. The van der Waals surface area contributed by atoms with Gasteiger partial charge in [0, 0.05) is 32.0 Å². The van der Waals surface area contributed by atoms with Gasteiger partial charge in [-0.1, -0.05) is 30.3 Å². The predicted octanol–water partition coefficient (Wildman–Crippen LogP) is 3.19. The first-order valence-electron chi connectivity index (χ1n) is 9.67. The van der Waals surface area contributed by atoms with Gasteiger partial charge in [-0.05, 0) is 49.8 Å². The monoisotopic (exact) mass is 363 g/mol. The minimum Gasteiger partial charge on any atom is -0.336 e. The standard InChI is InChI=1S/C22H25N3O2/c1-17-13-19(15-23-14-17)20(26)25-12-6-10-22(25)9-5-11-24(21(22)27)16-18-7-3-2-4-8-18/h2-4,7-8,13-15H,5-6,9-12,16H2,1H3. The molecule has 1 atom stereocenters. The third kappa shape index (κ3) is 3.22. The van der Waals surface area contributed by atoms with E-state index in [4.69, 9.17) is 0 Å². The van der Waals surface area contributed by atoms with Crippen molar-refractivity contribution in [3.8, 4) is 0 Å². The van der Waals surface area contributed by atoms with Crippen molar-refractivity contribution in [2.45, 2.75) is 44.7 Å². The number of piperidine rings is 1. The zero-order valence-electron chi connectivity index (χ0n) is 15.7. The summed E-state index contributed by atoms with van der Waals surface area (Å²) in [5, 5.41) is 0. The van der Waals surface area contributed by atoms with Crippen LogP contribution in [0.4, 0.5) is 0 Å². The number of carbonyl (C=O) groups excluding carboxylic acids is 2. The number of amides is 2. The van der Waals surface area contributed by atoms with Gasteiger partial charge in [0.15, 0.2) is 0 Å². The summed E-state index contributed by atoms with van der Waals surface area (Å²) < 4.78 is 0. The van der Waals surface area contributed by atoms with Gasteiger partial charge in [0.25, 0.3) is 5.91 Å². The van der Waals surface area contributed by atoms with Crippen LogP contribution in [0.1, 0.15) is 47.2 Å². The molecule has 140 valence electrons. The molecule has 3 heterocycles. The van der Waals surface area contributed by atoms with Gasteiger partial charge in [-0.15, -0.1) is 0 Å². The van der Waals surface area contributed by atoms with Crippen LogP contribution in [0.3, 0.4) is 0 Å². The van der Waals surface area contributed by atoms with Crippen molar-refractivity contribution in [2.75, 3.05) is 13.1 Å². The van der Waals surface area contributed by atoms with E-state index < -0.39 is 5.54 Å². The molecule has 1 aromatic carbocycles. The van der Waals surface area contributed by atoms with Crippen molar-refractivity contribution < 1.29 is 9.59 Å². The van der Waals surface area contributed by atoms with E-state index >= 15 is 0 Å². The first-order chi connectivity index (χ1) is 13.1. The summed E-state index contributed by atoms with van der Waals surface area (Å²) in [5.41, 5.74) is 1.97. The molecule has 2 amide bonds. The molecule has 0 N–H and O–H groups in total. The van der Waals surface area contributed by atoms with Gasteiger partial charge in [0.05, 0.1) is 5.56 Å². The summed E-state index contributed by atoms with van der Waals surface area (Å²) in [6, 6.07) is 11.9. The van der Waals surface area contributed by atoms with E-state index in [0.29, 0.717) is 18.7 Å². The van der Waals surface area contributed by atoms with Crippen molar-refractivity contribution in [1.29, 1.82) is 0 Å². The third-order valence-corrected chi connectivity index (χ3v) is 5.78. The van der Waals surface area contributed by atoms with E-state index in [1.54, 1.807) is 12.4 Å². The average Bonchev–Trinajstić information content (AvgIpc) is 3.10. The van der Waals surface area contributed by atoms with Gasteiger partial charge >= 0.3 is 0 Å². The average molecular weight is 363 g/mol. The highest BCUT2D eigenvalue weighted by atomic mass is 16.2. The lowest BCUT2D eigenvalue weighted by molar-refractivity contribution is -0.146. The highest BCUT2D eigenvalue weighted by Gasteiger charge is 2.52. The van der Waals surface area contributed by atoms with Crippen LogP contribution < -0.4 is 0 Å². The van der Waals surface area contributed by atoms with Crippen LogP contribution in [0.2, 0.25) is 0 Å². The van der Waals surface area contributed by atoms with Crippen LogP contribution in [0, 0.1) is 6.92 Å². The number of likely N-dealkylation sites (tertiary alicyclic amines) is 2. The molecule has 2 saturated heterocycles. The minimum atomic E-state index is -0.687. The number of aryl methyl sites for hydroxylation is 1. The number of hydrogen-bond acceptors (Lipinski definition) is 3. The van der Waals surface area contributed by atoms with Crippen LogP contribution in [0.25, 0.3) is 0 Å². The Balaban J connectivity index is 1.60. The zero-order chi connectivity index (χ0) is 18.9. The smallest absolute Gasteiger partial charge is 0.256 e. The third-order valence-electron chi connectivity index (χ3n) is 5.78. The number of nitrogens with zero attached hydrogens (tertiary/aromatic N) is 3. The lowest BCUT2D eigenvalue weighted by Gasteiger charge is -2.44. The maximum atomic E-state index is 13.5. The Hall–Kier alpha value is -2.69. The Bertz CT molecular complexity index is 852. The molecular weight excluding hydrogens is 338 g/mol. The number of benzene rings is 1. The maximum Gasteiger partial charge on any atom is 0.256 e. The highest BCUT2D eigenvalue weighted by Crippen LogP contribution is 2.39. The molecule has 2 aliphatic rings. The molecule has 0 bridgehead atoms. The van der Waals surface area contributed by atoms with Crippen LogP contribution in [0.5, 0.6) is 0 Å². The second-order valence-electron chi connectivity index (χ2n) is 7.66. The second-order valence-corrected chi connectivity index (χ2v) is 7.66. The lowest BCUT2D eigenvalue weighted by atomic mass is 9.84. The Morgan fingerprint density at radius 2 is 1.85 bits per heavy atom. The van der Waals surface area contributed by atoms with Crippen LogP contribution in [0.15, 0.2) is 48.8 Å². The fraction of sp³-hybridized carbons (Fsp3) is 0.409. The number of carbonyl (C=O) groups is 2. The molecule has 5 nitrogen and oxygen atoms in total. The van der Waals surface area contributed by atoms with Crippen molar-refractivity contribution in [3.63, 3.8) is 0 Å². The highest BCUT2D eigenvalue weighted by molar-refractivity contribution is 6.00. The normalized spacial score (nSPS) is 22.5. The molecule has 0 saturated carbocycles. The largest absolute Gasteiger partial charge is 0.336 e. The Morgan fingerprint density at radius 3 is 2.59 bits per heavy atom. The number of rotatable bonds is 3. The predicted molar refractivity (Wildman–Crippen MR) is 103 cm³/mol. The molecule has 1 unspecified atom stereocenters. The van der Waals surface area contributed by atoms with Crippen LogP contribution in [-0.4, -0.2) is 45.2 Å². The zero-order valence-corrected chi connectivity index (χ0v) is 15.7. The molecule has 1 aromatic heterocycles. The summed E-state index contributed by atoms with van der Waals surface area (Å²) in [7, 11) is 0. The maximum absolute atomic E-state index is 13.5. The van der Waals surface area contributed by atoms with Crippen molar-refractivity contribution in [3.05, 3.63) is 65.5 Å². The SMILES string of the molecule is Cc1cncc(C(=O)N2CCCC23CCCN(Cc2ccccc2)C3=O)c1. The minimum absolute atomic E-state index is 0.0707. The summed E-state index contributed by atoms with van der Waals surface area (Å²) in [6.07, 6.45) is 6.65. The van der Waals surface area contributed by atoms with Crippen LogP contribution >= 0.6 is 0 Å². The molecule has 2 aliphatic heterocycles. The Kier molecular flexibility index (Phi) is 4.68. The molecule has 1 spiro atoms. The van der Waals surface area contributed by atoms with Gasteiger partial charge in [-0.3, -0.25) is 14.6 Å². The van der Waals surface area contributed by atoms with Crippen molar-refractivity contribution in [2.24, 2.45) is 0 Å². The second kappa shape index (κ2) is 7.14. The fourth-order valence-corrected chi connectivity index (χ4v) is 4.50. The molecule has 0 aliphatic carbocycles. The van der Waals surface area contributed by atoms with E-state index in [0.717, 1.165) is 43.4 Å². The van der Waals surface area contributed by atoms with E-state index in [1.807, 2.05) is 53.1 Å². The number of pyridine rings is 1. The Labute approximate surface area is 160 Å². The summed E-state index contributed by atoms with van der Waals surface area (Å²) in [5.74, 6) is 0.0303. The first-order valence-corrected chi connectivity index (χ1v) is 9.67. The topological polar surface area (TPSA) is 53.5 Å². The summed E-state index contributed by atoms with van der Waals surface area (Å²) >= 11 is 0. The van der Waals surface area contributed by atoms with Gasteiger partial charge in [0.1, 0.15) is 5.54 Å². The number of hydrogen-bond donors (Lipinski definition) is 0. The van der Waals surface area contributed by atoms with E-state index in [9.17, 15) is 9.59 Å². The molecule has 2 aromatic rings. The van der Waals surface area contributed by atoms with Gasteiger partial charge in [0.2, 0.25) is 5.91 Å². The van der Waals surface area contributed by atoms with Crippen molar-refractivity contribution in [1.82, 2.24) is 14.8 Å². The van der Waals surface area contributed by atoms with Gasteiger partial charge in [-0.2, -0.15) is 0 Å². The van der Waals surface area contributed by atoms with E-state index in [1.165, 1.54) is 0 Å².